The first-order valence-corrected chi connectivity index (χ1v) is 7.29. The lowest BCUT2D eigenvalue weighted by Gasteiger charge is -2.37. The van der Waals surface area contributed by atoms with Crippen LogP contribution in [-0.2, 0) is 4.57 Å². The van der Waals surface area contributed by atoms with Gasteiger partial charge in [-0.05, 0) is 27.7 Å². The van der Waals surface area contributed by atoms with Gasteiger partial charge in [0, 0.05) is 24.4 Å². The summed E-state index contributed by atoms with van der Waals surface area (Å²) in [6.07, 6.45) is 1.58. The van der Waals surface area contributed by atoms with Gasteiger partial charge in [-0.3, -0.25) is 0 Å². The van der Waals surface area contributed by atoms with Crippen LogP contribution in [0.1, 0.15) is 41.5 Å². The summed E-state index contributed by atoms with van der Waals surface area (Å²) in [6, 6.07) is 0.761. The van der Waals surface area contributed by atoms with Crippen LogP contribution in [0.25, 0.3) is 0 Å². The van der Waals surface area contributed by atoms with Crippen LogP contribution in [0.5, 0.6) is 0 Å². The molecule has 0 bridgehead atoms. The van der Waals surface area contributed by atoms with Crippen molar-refractivity contribution in [3.63, 3.8) is 0 Å². The standard InChI is InChI=1S/C10H24NOP/c1-7-13(12,8-2)11(9(3)4)10(5)6/h9-10H,7-8H2,1-6H3. The van der Waals surface area contributed by atoms with Crippen molar-refractivity contribution in [1.29, 1.82) is 0 Å². The molecule has 0 amide bonds. The van der Waals surface area contributed by atoms with Gasteiger partial charge in [-0.1, -0.05) is 13.8 Å². The molecule has 0 unspecified atom stereocenters. The molecule has 0 rings (SSSR count). The highest BCUT2D eigenvalue weighted by Gasteiger charge is 2.30. The first-order chi connectivity index (χ1) is 5.89. The monoisotopic (exact) mass is 205 g/mol. The van der Waals surface area contributed by atoms with E-state index in [4.69, 9.17) is 0 Å². The molecule has 2 nitrogen and oxygen atoms in total. The third-order valence-corrected chi connectivity index (χ3v) is 6.21. The van der Waals surface area contributed by atoms with Crippen molar-refractivity contribution in [1.82, 2.24) is 4.67 Å². The molecule has 0 fully saturated rings. The van der Waals surface area contributed by atoms with Gasteiger partial charge in [-0.2, -0.15) is 0 Å². The van der Waals surface area contributed by atoms with E-state index in [1.54, 1.807) is 0 Å². The zero-order valence-electron chi connectivity index (χ0n) is 9.87. The molecule has 80 valence electrons. The van der Waals surface area contributed by atoms with E-state index in [0.29, 0.717) is 12.1 Å². The van der Waals surface area contributed by atoms with Crippen LogP contribution in [0.2, 0.25) is 0 Å². The first-order valence-electron chi connectivity index (χ1n) is 5.26. The first kappa shape index (κ1) is 13.2. The quantitative estimate of drug-likeness (QED) is 0.641. The predicted molar refractivity (Wildman–Crippen MR) is 60.8 cm³/mol. The van der Waals surface area contributed by atoms with E-state index >= 15 is 0 Å². The molecule has 0 aromatic carbocycles. The van der Waals surface area contributed by atoms with Crippen molar-refractivity contribution in [3.05, 3.63) is 0 Å². The molecule has 3 heteroatoms. The van der Waals surface area contributed by atoms with Crippen LogP contribution >= 0.6 is 7.29 Å². The van der Waals surface area contributed by atoms with Crippen molar-refractivity contribution in [3.8, 4) is 0 Å². The van der Waals surface area contributed by atoms with Gasteiger partial charge in [-0.25, -0.2) is 4.67 Å². The van der Waals surface area contributed by atoms with Gasteiger partial charge in [0.1, 0.15) is 7.29 Å². The third-order valence-electron chi connectivity index (χ3n) is 2.47. The summed E-state index contributed by atoms with van der Waals surface area (Å²) in [4.78, 5) is 0. The predicted octanol–water partition coefficient (Wildman–Crippen LogP) is 3.42. The van der Waals surface area contributed by atoms with Crippen LogP contribution in [0.15, 0.2) is 0 Å². The van der Waals surface area contributed by atoms with E-state index < -0.39 is 7.29 Å². The Labute approximate surface area is 83.1 Å². The van der Waals surface area contributed by atoms with Gasteiger partial charge in [0.05, 0.1) is 0 Å². The molecular formula is C10H24NOP. The van der Waals surface area contributed by atoms with E-state index in [1.807, 2.05) is 13.8 Å². The fourth-order valence-corrected chi connectivity index (χ4v) is 4.77. The minimum absolute atomic E-state index is 0.380. The Morgan fingerprint density at radius 2 is 1.31 bits per heavy atom. The summed E-state index contributed by atoms with van der Waals surface area (Å²) >= 11 is 0. The number of hydrogen-bond acceptors (Lipinski definition) is 1. The van der Waals surface area contributed by atoms with Crippen LogP contribution in [0, 0.1) is 0 Å². The second-order valence-electron chi connectivity index (χ2n) is 4.05. The normalized spacial score (nSPS) is 13.3. The zero-order chi connectivity index (χ0) is 10.6. The molecule has 0 aromatic rings. The van der Waals surface area contributed by atoms with Crippen molar-refractivity contribution in [2.45, 2.75) is 53.6 Å². The number of hydrogen-bond donors (Lipinski definition) is 0. The van der Waals surface area contributed by atoms with Crippen LogP contribution in [0.4, 0.5) is 0 Å². The Kier molecular flexibility index (Phi) is 5.24. The number of rotatable bonds is 5. The highest BCUT2D eigenvalue weighted by atomic mass is 31.2. The molecule has 0 aliphatic carbocycles. The van der Waals surface area contributed by atoms with Crippen LogP contribution < -0.4 is 0 Å². The second kappa shape index (κ2) is 5.17. The van der Waals surface area contributed by atoms with Gasteiger partial charge >= 0.3 is 0 Å². The molecule has 0 saturated heterocycles. The van der Waals surface area contributed by atoms with Crippen molar-refractivity contribution >= 4 is 7.29 Å². The molecule has 13 heavy (non-hydrogen) atoms. The molecule has 0 aromatic heterocycles. The summed E-state index contributed by atoms with van der Waals surface area (Å²) in [6.45, 7) is 12.6. The van der Waals surface area contributed by atoms with Crippen molar-refractivity contribution in [2.75, 3.05) is 12.3 Å². The summed E-state index contributed by atoms with van der Waals surface area (Å²) in [5.41, 5.74) is 0. The van der Waals surface area contributed by atoms with E-state index in [-0.39, 0.29) is 0 Å². The SMILES string of the molecule is CCP(=O)(CC)N(C(C)C)C(C)C. The molecule has 0 spiro atoms. The molecule has 0 radical (unpaired) electrons. The maximum atomic E-state index is 12.5. The maximum absolute atomic E-state index is 12.5. The van der Waals surface area contributed by atoms with Crippen molar-refractivity contribution < 1.29 is 4.57 Å². The van der Waals surface area contributed by atoms with Gasteiger partial charge in [0.2, 0.25) is 0 Å². The maximum Gasteiger partial charge on any atom is 0.150 e. The van der Waals surface area contributed by atoms with E-state index in [1.165, 1.54) is 0 Å². The molecule has 0 heterocycles. The Bertz CT molecular complexity index is 173. The summed E-state index contributed by atoms with van der Waals surface area (Å²) in [5, 5.41) is 0. The minimum Gasteiger partial charge on any atom is -0.307 e. The molecule has 0 aliphatic heterocycles. The Hall–Kier alpha value is 0.190. The van der Waals surface area contributed by atoms with E-state index in [9.17, 15) is 4.57 Å². The Morgan fingerprint density at radius 1 is 1.00 bits per heavy atom. The highest BCUT2D eigenvalue weighted by molar-refractivity contribution is 7.61. The van der Waals surface area contributed by atoms with Crippen molar-refractivity contribution in [2.24, 2.45) is 0 Å². The fraction of sp³-hybridized carbons (Fsp3) is 1.00. The average molecular weight is 205 g/mol. The Morgan fingerprint density at radius 3 is 1.38 bits per heavy atom. The molecule has 0 saturated carbocycles. The zero-order valence-corrected chi connectivity index (χ0v) is 10.8. The average Bonchev–Trinajstić information content (AvgIpc) is 2.02. The smallest absolute Gasteiger partial charge is 0.150 e. The highest BCUT2D eigenvalue weighted by Crippen LogP contribution is 2.51. The van der Waals surface area contributed by atoms with E-state index in [2.05, 4.69) is 32.4 Å². The van der Waals surface area contributed by atoms with Gasteiger partial charge in [0.15, 0.2) is 0 Å². The minimum atomic E-state index is -2.07. The lowest BCUT2D eigenvalue weighted by molar-refractivity contribution is 0.299. The Balaban J connectivity index is 4.81. The molecule has 0 aliphatic rings. The topological polar surface area (TPSA) is 20.3 Å². The van der Waals surface area contributed by atoms with E-state index in [0.717, 1.165) is 12.3 Å². The van der Waals surface area contributed by atoms with Gasteiger partial charge in [-0.15, -0.1) is 0 Å². The van der Waals surface area contributed by atoms with Crippen LogP contribution in [0.3, 0.4) is 0 Å². The third kappa shape index (κ3) is 3.11. The summed E-state index contributed by atoms with van der Waals surface area (Å²) in [7, 11) is -2.07. The molecule has 0 N–H and O–H groups in total. The second-order valence-corrected chi connectivity index (χ2v) is 7.47. The largest absolute Gasteiger partial charge is 0.307 e. The lowest BCUT2D eigenvalue weighted by Crippen LogP contribution is -2.35. The van der Waals surface area contributed by atoms with Gasteiger partial charge in [0.25, 0.3) is 0 Å². The molecular weight excluding hydrogens is 181 g/mol. The summed E-state index contributed by atoms with van der Waals surface area (Å²) < 4.78 is 14.6. The molecule has 0 atom stereocenters. The summed E-state index contributed by atoms with van der Waals surface area (Å²) in [5.74, 6) is 0. The van der Waals surface area contributed by atoms with Crippen LogP contribution in [-0.4, -0.2) is 29.1 Å². The van der Waals surface area contributed by atoms with Gasteiger partial charge < -0.3 is 4.57 Å². The lowest BCUT2D eigenvalue weighted by atomic mass is 10.3. The number of nitrogens with zero attached hydrogens (tertiary/aromatic N) is 1. The fourth-order valence-electron chi connectivity index (χ4n) is 1.99.